The molecule has 0 saturated heterocycles. The highest BCUT2D eigenvalue weighted by Crippen LogP contribution is 2.20. The number of hydrogen-bond donors (Lipinski definition) is 1. The minimum Gasteiger partial charge on any atom is -0.397 e. The number of carbonyl (C=O) groups is 1. The Morgan fingerprint density at radius 2 is 2.15 bits per heavy atom. The molecule has 0 heterocycles. The summed E-state index contributed by atoms with van der Waals surface area (Å²) < 4.78 is 0. The molecule has 0 atom stereocenters. The summed E-state index contributed by atoms with van der Waals surface area (Å²) in [5.74, 6) is -0.169. The van der Waals surface area contributed by atoms with E-state index in [-0.39, 0.29) is 5.91 Å². The first-order chi connectivity index (χ1) is 6.16. The molecule has 0 aromatic heterocycles. The molecule has 0 bridgehead atoms. The lowest BCUT2D eigenvalue weighted by Crippen LogP contribution is -2.24. The van der Waals surface area contributed by atoms with E-state index in [1.165, 1.54) is 11.0 Å². The Hall–Kier alpha value is -1.77. The summed E-state index contributed by atoms with van der Waals surface area (Å²) in [6.07, 6.45) is 1.26. The van der Waals surface area contributed by atoms with Gasteiger partial charge in [0.25, 0.3) is 0 Å². The molecule has 1 rings (SSSR count). The van der Waals surface area contributed by atoms with Crippen molar-refractivity contribution in [2.45, 2.75) is 0 Å². The van der Waals surface area contributed by atoms with Gasteiger partial charge in [0.15, 0.2) is 0 Å². The largest absolute Gasteiger partial charge is 0.397 e. The second-order valence-corrected chi connectivity index (χ2v) is 2.66. The fraction of sp³-hybridized carbons (Fsp3) is 0.100. The zero-order valence-corrected chi connectivity index (χ0v) is 7.53. The third-order valence-corrected chi connectivity index (χ3v) is 1.80. The van der Waals surface area contributed by atoms with E-state index in [0.717, 1.165) is 0 Å². The maximum Gasteiger partial charge on any atom is 0.250 e. The summed E-state index contributed by atoms with van der Waals surface area (Å²) in [6.45, 7) is 3.40. The number of nitrogens with two attached hydrogens (primary N) is 1. The molecule has 0 saturated carbocycles. The van der Waals surface area contributed by atoms with Gasteiger partial charge in [0, 0.05) is 7.05 Å². The van der Waals surface area contributed by atoms with Crippen molar-refractivity contribution in [3.63, 3.8) is 0 Å². The van der Waals surface area contributed by atoms with E-state index in [2.05, 4.69) is 6.58 Å². The van der Waals surface area contributed by atoms with Gasteiger partial charge in [-0.15, -0.1) is 0 Å². The van der Waals surface area contributed by atoms with Crippen molar-refractivity contribution in [2.24, 2.45) is 0 Å². The Bertz CT molecular complexity index is 333. The summed E-state index contributed by atoms with van der Waals surface area (Å²) in [7, 11) is 1.66. The van der Waals surface area contributed by atoms with Crippen molar-refractivity contribution in [1.29, 1.82) is 0 Å². The SMILES string of the molecule is C=CC(=O)N(C)c1ccccc1N. The van der Waals surface area contributed by atoms with Crippen LogP contribution in [-0.2, 0) is 4.79 Å². The van der Waals surface area contributed by atoms with Crippen LogP contribution in [0.1, 0.15) is 0 Å². The molecule has 2 N–H and O–H groups in total. The molecule has 0 spiro atoms. The van der Waals surface area contributed by atoms with Gasteiger partial charge in [-0.05, 0) is 18.2 Å². The maximum atomic E-state index is 11.2. The number of rotatable bonds is 2. The summed E-state index contributed by atoms with van der Waals surface area (Å²) in [5, 5.41) is 0. The van der Waals surface area contributed by atoms with E-state index in [1.54, 1.807) is 19.2 Å². The van der Waals surface area contributed by atoms with Gasteiger partial charge in [0.2, 0.25) is 5.91 Å². The lowest BCUT2D eigenvalue weighted by molar-refractivity contribution is -0.113. The standard InChI is InChI=1S/C10H12N2O/c1-3-10(13)12(2)9-7-5-4-6-8(9)11/h3-7H,1,11H2,2H3. The second-order valence-electron chi connectivity index (χ2n) is 2.66. The van der Waals surface area contributed by atoms with E-state index < -0.39 is 0 Å². The third kappa shape index (κ3) is 1.87. The average Bonchev–Trinajstić information content (AvgIpc) is 2.16. The van der Waals surface area contributed by atoms with E-state index in [4.69, 9.17) is 5.73 Å². The normalized spacial score (nSPS) is 9.31. The number of amides is 1. The van der Waals surface area contributed by atoms with Gasteiger partial charge in [-0.3, -0.25) is 4.79 Å². The number of carbonyl (C=O) groups excluding carboxylic acids is 1. The number of para-hydroxylation sites is 2. The first kappa shape index (κ1) is 9.32. The summed E-state index contributed by atoms with van der Waals surface area (Å²) in [6, 6.07) is 7.20. The van der Waals surface area contributed by atoms with Crippen LogP contribution in [0.4, 0.5) is 11.4 Å². The van der Waals surface area contributed by atoms with Crippen LogP contribution in [-0.4, -0.2) is 13.0 Å². The van der Waals surface area contributed by atoms with Crippen LogP contribution < -0.4 is 10.6 Å². The van der Waals surface area contributed by atoms with Gasteiger partial charge in [0.05, 0.1) is 11.4 Å². The highest BCUT2D eigenvalue weighted by molar-refractivity contribution is 6.02. The van der Waals surface area contributed by atoms with Crippen LogP contribution in [0.3, 0.4) is 0 Å². The molecular weight excluding hydrogens is 164 g/mol. The van der Waals surface area contributed by atoms with Gasteiger partial charge in [-0.25, -0.2) is 0 Å². The van der Waals surface area contributed by atoms with Gasteiger partial charge in [-0.1, -0.05) is 18.7 Å². The molecule has 1 aromatic carbocycles. The lowest BCUT2D eigenvalue weighted by Gasteiger charge is -2.16. The Morgan fingerprint density at radius 1 is 1.54 bits per heavy atom. The number of hydrogen-bond acceptors (Lipinski definition) is 2. The predicted octanol–water partition coefficient (Wildman–Crippen LogP) is 1.42. The summed E-state index contributed by atoms with van der Waals surface area (Å²) in [5.41, 5.74) is 6.97. The highest BCUT2D eigenvalue weighted by Gasteiger charge is 2.08. The first-order valence-electron chi connectivity index (χ1n) is 3.91. The van der Waals surface area contributed by atoms with Gasteiger partial charge in [0.1, 0.15) is 0 Å². The fourth-order valence-corrected chi connectivity index (χ4v) is 1.05. The Kier molecular flexibility index (Phi) is 2.69. The van der Waals surface area contributed by atoms with Crippen molar-refractivity contribution in [2.75, 3.05) is 17.7 Å². The van der Waals surface area contributed by atoms with Crippen molar-refractivity contribution in [3.05, 3.63) is 36.9 Å². The number of likely N-dealkylation sites (N-methyl/N-ethyl adjacent to an activating group) is 1. The van der Waals surface area contributed by atoms with Crippen LogP contribution >= 0.6 is 0 Å². The van der Waals surface area contributed by atoms with Crippen molar-refractivity contribution < 1.29 is 4.79 Å². The van der Waals surface area contributed by atoms with Crippen molar-refractivity contribution in [3.8, 4) is 0 Å². The summed E-state index contributed by atoms with van der Waals surface area (Å²) in [4.78, 5) is 12.7. The Balaban J connectivity index is 3.01. The average molecular weight is 176 g/mol. The second kappa shape index (κ2) is 3.76. The Labute approximate surface area is 77.5 Å². The smallest absolute Gasteiger partial charge is 0.250 e. The van der Waals surface area contributed by atoms with Crippen LogP contribution in [0.5, 0.6) is 0 Å². The lowest BCUT2D eigenvalue weighted by atomic mass is 10.2. The molecule has 13 heavy (non-hydrogen) atoms. The first-order valence-corrected chi connectivity index (χ1v) is 3.91. The fourth-order valence-electron chi connectivity index (χ4n) is 1.05. The van der Waals surface area contributed by atoms with Gasteiger partial charge < -0.3 is 10.6 Å². The molecule has 3 nitrogen and oxygen atoms in total. The molecule has 0 aliphatic heterocycles. The van der Waals surface area contributed by atoms with Crippen LogP contribution in [0, 0.1) is 0 Å². The molecule has 1 aromatic rings. The van der Waals surface area contributed by atoms with Gasteiger partial charge >= 0.3 is 0 Å². The van der Waals surface area contributed by atoms with E-state index in [0.29, 0.717) is 11.4 Å². The van der Waals surface area contributed by atoms with Crippen LogP contribution in [0.15, 0.2) is 36.9 Å². The molecule has 68 valence electrons. The molecule has 0 aliphatic rings. The Morgan fingerprint density at radius 3 is 2.69 bits per heavy atom. The zero-order valence-electron chi connectivity index (χ0n) is 7.53. The van der Waals surface area contributed by atoms with E-state index >= 15 is 0 Å². The molecule has 0 radical (unpaired) electrons. The molecule has 1 amide bonds. The molecule has 0 fully saturated rings. The quantitative estimate of drug-likeness (QED) is 0.547. The number of nitrogen functional groups attached to an aromatic ring is 1. The number of anilines is 2. The number of nitrogens with zero attached hydrogens (tertiary/aromatic N) is 1. The minimum atomic E-state index is -0.169. The maximum absolute atomic E-state index is 11.2. The van der Waals surface area contributed by atoms with E-state index in [9.17, 15) is 4.79 Å². The number of benzene rings is 1. The van der Waals surface area contributed by atoms with Crippen LogP contribution in [0.25, 0.3) is 0 Å². The highest BCUT2D eigenvalue weighted by atomic mass is 16.2. The topological polar surface area (TPSA) is 46.3 Å². The van der Waals surface area contributed by atoms with Crippen molar-refractivity contribution in [1.82, 2.24) is 0 Å². The summed E-state index contributed by atoms with van der Waals surface area (Å²) >= 11 is 0. The minimum absolute atomic E-state index is 0.169. The molecular formula is C10H12N2O. The van der Waals surface area contributed by atoms with Crippen molar-refractivity contribution >= 4 is 17.3 Å². The molecule has 3 heteroatoms. The van der Waals surface area contributed by atoms with Gasteiger partial charge in [-0.2, -0.15) is 0 Å². The third-order valence-electron chi connectivity index (χ3n) is 1.80. The monoisotopic (exact) mass is 176 g/mol. The molecule has 0 aliphatic carbocycles. The van der Waals surface area contributed by atoms with E-state index in [1.807, 2.05) is 12.1 Å². The molecule has 0 unspecified atom stereocenters. The van der Waals surface area contributed by atoms with Crippen LogP contribution in [0.2, 0.25) is 0 Å². The predicted molar refractivity (Wildman–Crippen MR) is 54.5 cm³/mol. The zero-order chi connectivity index (χ0) is 9.84.